The highest BCUT2D eigenvalue weighted by Crippen LogP contribution is 2.33. The van der Waals surface area contributed by atoms with Gasteiger partial charge in [0.1, 0.15) is 5.82 Å². The second-order valence-corrected chi connectivity index (χ2v) is 4.79. The molecule has 2 nitrogen and oxygen atoms in total. The molecule has 90 valence electrons. The van der Waals surface area contributed by atoms with E-state index in [9.17, 15) is 0 Å². The Morgan fingerprint density at radius 1 is 1.00 bits per heavy atom. The maximum atomic E-state index is 4.61. The standard InChI is InChI=1S/C16H16N2/c1-12-10-14-7-3-4-8-15(14)18(11-12)16-9-5-6-13(2)17-16/h3-9,11H,10H2,1-2H3. The third-order valence-electron chi connectivity index (χ3n) is 3.19. The lowest BCUT2D eigenvalue weighted by Crippen LogP contribution is -2.17. The second kappa shape index (κ2) is 4.30. The molecule has 0 aliphatic carbocycles. The number of pyridine rings is 1. The highest BCUT2D eigenvalue weighted by Gasteiger charge is 2.17. The molecule has 0 radical (unpaired) electrons. The van der Waals surface area contributed by atoms with Crippen molar-refractivity contribution in [2.75, 3.05) is 4.90 Å². The van der Waals surface area contributed by atoms with Gasteiger partial charge in [-0.2, -0.15) is 0 Å². The Morgan fingerprint density at radius 2 is 1.83 bits per heavy atom. The minimum absolute atomic E-state index is 0.988. The molecule has 0 amide bonds. The number of aryl methyl sites for hydroxylation is 1. The van der Waals surface area contributed by atoms with Crippen molar-refractivity contribution in [2.24, 2.45) is 0 Å². The molecule has 3 rings (SSSR count). The van der Waals surface area contributed by atoms with Gasteiger partial charge in [-0.1, -0.05) is 29.8 Å². The second-order valence-electron chi connectivity index (χ2n) is 4.79. The summed E-state index contributed by atoms with van der Waals surface area (Å²) in [6, 6.07) is 14.7. The molecular formula is C16H16N2. The van der Waals surface area contributed by atoms with Gasteiger partial charge in [-0.05, 0) is 44.0 Å². The molecule has 2 heteroatoms. The van der Waals surface area contributed by atoms with Crippen molar-refractivity contribution < 1.29 is 0 Å². The number of benzene rings is 1. The molecule has 18 heavy (non-hydrogen) atoms. The highest BCUT2D eigenvalue weighted by molar-refractivity contribution is 5.69. The monoisotopic (exact) mass is 236 g/mol. The van der Waals surface area contributed by atoms with Gasteiger partial charge in [-0.25, -0.2) is 4.98 Å². The van der Waals surface area contributed by atoms with Crippen LogP contribution in [0.5, 0.6) is 0 Å². The Morgan fingerprint density at radius 3 is 2.67 bits per heavy atom. The van der Waals surface area contributed by atoms with Gasteiger partial charge in [-0.15, -0.1) is 0 Å². The number of allylic oxidation sites excluding steroid dienone is 1. The van der Waals surface area contributed by atoms with Crippen LogP contribution in [-0.4, -0.2) is 4.98 Å². The summed E-state index contributed by atoms with van der Waals surface area (Å²) < 4.78 is 0. The first-order valence-electron chi connectivity index (χ1n) is 6.22. The van der Waals surface area contributed by atoms with Gasteiger partial charge in [0, 0.05) is 11.9 Å². The average molecular weight is 236 g/mol. The van der Waals surface area contributed by atoms with Gasteiger partial charge < -0.3 is 4.90 Å². The van der Waals surface area contributed by atoms with Crippen molar-refractivity contribution in [2.45, 2.75) is 20.3 Å². The van der Waals surface area contributed by atoms with Crippen LogP contribution >= 0.6 is 0 Å². The normalized spacial score (nSPS) is 14.1. The Bertz CT molecular complexity index is 614. The van der Waals surface area contributed by atoms with Gasteiger partial charge in [-0.3, -0.25) is 0 Å². The molecule has 0 spiro atoms. The summed E-state index contributed by atoms with van der Waals surface area (Å²) in [7, 11) is 0. The zero-order chi connectivity index (χ0) is 12.5. The summed E-state index contributed by atoms with van der Waals surface area (Å²) in [5, 5.41) is 0. The summed E-state index contributed by atoms with van der Waals surface area (Å²) >= 11 is 0. The summed E-state index contributed by atoms with van der Waals surface area (Å²) in [4.78, 5) is 6.79. The van der Waals surface area contributed by atoms with Crippen LogP contribution < -0.4 is 4.90 Å². The molecule has 0 fully saturated rings. The van der Waals surface area contributed by atoms with Gasteiger partial charge in [0.05, 0.1) is 5.69 Å². The minimum atomic E-state index is 0.988. The van der Waals surface area contributed by atoms with Crippen LogP contribution in [0.3, 0.4) is 0 Å². The fourth-order valence-corrected chi connectivity index (χ4v) is 2.38. The molecule has 1 aromatic heterocycles. The van der Waals surface area contributed by atoms with Gasteiger partial charge in [0.2, 0.25) is 0 Å². The summed E-state index contributed by atoms with van der Waals surface area (Å²) in [5.41, 5.74) is 5.00. The number of rotatable bonds is 1. The molecule has 0 N–H and O–H groups in total. The van der Waals surface area contributed by atoms with Crippen molar-refractivity contribution in [1.29, 1.82) is 0 Å². The number of hydrogen-bond acceptors (Lipinski definition) is 2. The smallest absolute Gasteiger partial charge is 0.137 e. The third kappa shape index (κ3) is 1.90. The molecule has 1 aromatic carbocycles. The van der Waals surface area contributed by atoms with Crippen molar-refractivity contribution in [1.82, 2.24) is 4.98 Å². The molecule has 0 atom stereocenters. The third-order valence-corrected chi connectivity index (χ3v) is 3.19. The van der Waals surface area contributed by atoms with Crippen LogP contribution in [0.1, 0.15) is 18.2 Å². The molecule has 2 heterocycles. The molecule has 1 aliphatic rings. The lowest BCUT2D eigenvalue weighted by atomic mass is 10.0. The van der Waals surface area contributed by atoms with E-state index in [-0.39, 0.29) is 0 Å². The Balaban J connectivity index is 2.13. The number of para-hydroxylation sites is 1. The van der Waals surface area contributed by atoms with Crippen LogP contribution in [0.4, 0.5) is 11.5 Å². The van der Waals surface area contributed by atoms with Crippen LogP contribution in [0.15, 0.2) is 54.2 Å². The first-order chi connectivity index (χ1) is 8.74. The van der Waals surface area contributed by atoms with Gasteiger partial charge in [0.15, 0.2) is 0 Å². The number of anilines is 2. The van der Waals surface area contributed by atoms with E-state index >= 15 is 0 Å². The van der Waals surface area contributed by atoms with E-state index in [1.807, 2.05) is 13.0 Å². The lowest BCUT2D eigenvalue weighted by Gasteiger charge is -2.27. The van der Waals surface area contributed by atoms with Crippen LogP contribution in [-0.2, 0) is 6.42 Å². The Hall–Kier alpha value is -2.09. The maximum absolute atomic E-state index is 4.61. The van der Waals surface area contributed by atoms with Crippen molar-refractivity contribution in [3.63, 3.8) is 0 Å². The molecule has 0 saturated heterocycles. The Kier molecular flexibility index (Phi) is 2.63. The Labute approximate surface area is 108 Å². The van der Waals surface area contributed by atoms with Crippen LogP contribution in [0.2, 0.25) is 0 Å². The van der Waals surface area contributed by atoms with Crippen LogP contribution in [0.25, 0.3) is 0 Å². The molecule has 0 bridgehead atoms. The number of hydrogen-bond donors (Lipinski definition) is 0. The van der Waals surface area contributed by atoms with Crippen molar-refractivity contribution >= 4 is 11.5 Å². The van der Waals surface area contributed by atoms with E-state index in [0.29, 0.717) is 0 Å². The van der Waals surface area contributed by atoms with E-state index in [2.05, 4.69) is 59.4 Å². The van der Waals surface area contributed by atoms with E-state index in [4.69, 9.17) is 0 Å². The van der Waals surface area contributed by atoms with Gasteiger partial charge in [0.25, 0.3) is 0 Å². The van der Waals surface area contributed by atoms with Gasteiger partial charge >= 0.3 is 0 Å². The lowest BCUT2D eigenvalue weighted by molar-refractivity contribution is 1.02. The number of aromatic nitrogens is 1. The molecule has 0 unspecified atom stereocenters. The number of fused-ring (bicyclic) bond motifs is 1. The zero-order valence-corrected chi connectivity index (χ0v) is 10.7. The predicted octanol–water partition coefficient (Wildman–Crippen LogP) is 3.99. The topological polar surface area (TPSA) is 16.1 Å². The largest absolute Gasteiger partial charge is 0.302 e. The zero-order valence-electron chi connectivity index (χ0n) is 10.7. The minimum Gasteiger partial charge on any atom is -0.302 e. The fraction of sp³-hybridized carbons (Fsp3) is 0.188. The average Bonchev–Trinajstić information content (AvgIpc) is 2.37. The van der Waals surface area contributed by atoms with Crippen LogP contribution in [0, 0.1) is 6.92 Å². The van der Waals surface area contributed by atoms with Crippen molar-refractivity contribution in [3.8, 4) is 0 Å². The summed E-state index contributed by atoms with van der Waals surface area (Å²) in [6.07, 6.45) is 3.21. The van der Waals surface area contributed by atoms with E-state index in [1.165, 1.54) is 16.8 Å². The summed E-state index contributed by atoms with van der Waals surface area (Å²) in [5.74, 6) is 0.988. The maximum Gasteiger partial charge on any atom is 0.137 e. The van der Waals surface area contributed by atoms with E-state index in [0.717, 1.165) is 17.9 Å². The molecular weight excluding hydrogens is 220 g/mol. The molecule has 1 aliphatic heterocycles. The summed E-state index contributed by atoms with van der Waals surface area (Å²) in [6.45, 7) is 4.19. The number of nitrogens with zero attached hydrogens (tertiary/aromatic N) is 2. The first kappa shape index (κ1) is 11.0. The highest BCUT2D eigenvalue weighted by atomic mass is 15.2. The predicted molar refractivity (Wildman–Crippen MR) is 75.0 cm³/mol. The van der Waals surface area contributed by atoms with Crippen molar-refractivity contribution in [3.05, 3.63) is 65.5 Å². The SMILES string of the molecule is CC1=CN(c2cccc(C)n2)c2ccccc2C1. The van der Waals surface area contributed by atoms with E-state index < -0.39 is 0 Å². The molecule has 0 saturated carbocycles. The molecule has 2 aromatic rings. The first-order valence-corrected chi connectivity index (χ1v) is 6.22. The fourth-order valence-electron chi connectivity index (χ4n) is 2.38. The van der Waals surface area contributed by atoms with E-state index in [1.54, 1.807) is 0 Å². The quantitative estimate of drug-likeness (QED) is 0.744.